The molecule has 0 spiro atoms. The van der Waals surface area contributed by atoms with E-state index in [9.17, 15) is 5.11 Å². The molecular formula is C15H22O. The number of aliphatic hydroxyl groups is 1. The first-order chi connectivity index (χ1) is 7.71. The summed E-state index contributed by atoms with van der Waals surface area (Å²) in [6.07, 6.45) is 6.57. The van der Waals surface area contributed by atoms with E-state index in [0.717, 1.165) is 19.3 Å². The summed E-state index contributed by atoms with van der Waals surface area (Å²) in [7, 11) is 0. The molecule has 1 saturated carbocycles. The summed E-state index contributed by atoms with van der Waals surface area (Å²) in [6, 6.07) is 10.5. The Balaban J connectivity index is 1.93. The van der Waals surface area contributed by atoms with Crippen LogP contribution in [0.1, 0.15) is 44.6 Å². The van der Waals surface area contributed by atoms with Crippen LogP contribution in [0.25, 0.3) is 0 Å². The summed E-state index contributed by atoms with van der Waals surface area (Å²) < 4.78 is 0. The molecule has 0 amide bonds. The highest BCUT2D eigenvalue weighted by atomic mass is 16.3. The van der Waals surface area contributed by atoms with Crippen molar-refractivity contribution in [1.29, 1.82) is 0 Å². The molecule has 0 heterocycles. The van der Waals surface area contributed by atoms with Crippen LogP contribution in [-0.2, 0) is 6.42 Å². The van der Waals surface area contributed by atoms with Gasteiger partial charge in [-0.2, -0.15) is 0 Å². The van der Waals surface area contributed by atoms with E-state index in [1.54, 1.807) is 0 Å². The van der Waals surface area contributed by atoms with E-state index in [0.29, 0.717) is 5.92 Å². The molecule has 1 heteroatoms. The maximum Gasteiger partial charge on any atom is 0.0676 e. The summed E-state index contributed by atoms with van der Waals surface area (Å²) in [6.45, 7) is 2.20. The van der Waals surface area contributed by atoms with Crippen molar-refractivity contribution in [2.45, 2.75) is 51.0 Å². The van der Waals surface area contributed by atoms with Gasteiger partial charge in [0.05, 0.1) is 5.60 Å². The quantitative estimate of drug-likeness (QED) is 0.822. The Morgan fingerprint density at radius 3 is 2.69 bits per heavy atom. The van der Waals surface area contributed by atoms with E-state index in [4.69, 9.17) is 0 Å². The van der Waals surface area contributed by atoms with Gasteiger partial charge in [-0.3, -0.25) is 0 Å². The van der Waals surface area contributed by atoms with Crippen LogP contribution >= 0.6 is 0 Å². The molecule has 16 heavy (non-hydrogen) atoms. The number of hydrogen-bond acceptors (Lipinski definition) is 1. The molecular weight excluding hydrogens is 196 g/mol. The molecule has 2 rings (SSSR count). The molecule has 1 N–H and O–H groups in total. The van der Waals surface area contributed by atoms with E-state index in [1.807, 2.05) is 6.07 Å². The summed E-state index contributed by atoms with van der Waals surface area (Å²) in [4.78, 5) is 0. The topological polar surface area (TPSA) is 20.2 Å². The number of rotatable bonds is 3. The monoisotopic (exact) mass is 218 g/mol. The lowest BCUT2D eigenvalue weighted by Crippen LogP contribution is -2.39. The molecule has 1 fully saturated rings. The van der Waals surface area contributed by atoms with Crippen LogP contribution in [0.2, 0.25) is 0 Å². The zero-order valence-electron chi connectivity index (χ0n) is 10.2. The second-order valence-corrected chi connectivity index (χ2v) is 5.24. The van der Waals surface area contributed by atoms with Gasteiger partial charge in [0.25, 0.3) is 0 Å². The van der Waals surface area contributed by atoms with E-state index in [2.05, 4.69) is 31.2 Å². The van der Waals surface area contributed by atoms with Crippen molar-refractivity contribution in [3.05, 3.63) is 35.9 Å². The fraction of sp³-hybridized carbons (Fsp3) is 0.600. The molecule has 0 aromatic heterocycles. The van der Waals surface area contributed by atoms with Crippen molar-refractivity contribution in [2.75, 3.05) is 0 Å². The maximum absolute atomic E-state index is 10.6. The third-order valence-electron chi connectivity index (χ3n) is 4.10. The summed E-state index contributed by atoms with van der Waals surface area (Å²) in [5, 5.41) is 10.6. The molecule has 2 atom stereocenters. The van der Waals surface area contributed by atoms with E-state index < -0.39 is 5.60 Å². The first-order valence-corrected chi connectivity index (χ1v) is 6.47. The van der Waals surface area contributed by atoms with Crippen molar-refractivity contribution in [3.63, 3.8) is 0 Å². The highest BCUT2D eigenvalue weighted by Gasteiger charge is 2.35. The summed E-state index contributed by atoms with van der Waals surface area (Å²) >= 11 is 0. The molecule has 0 radical (unpaired) electrons. The predicted molar refractivity (Wildman–Crippen MR) is 67.3 cm³/mol. The molecule has 1 nitrogen and oxygen atoms in total. The third kappa shape index (κ3) is 2.65. The number of aryl methyl sites for hydroxylation is 1. The van der Waals surface area contributed by atoms with E-state index >= 15 is 0 Å². The van der Waals surface area contributed by atoms with E-state index in [-0.39, 0.29) is 0 Å². The Morgan fingerprint density at radius 1 is 1.25 bits per heavy atom. The molecule has 1 aromatic carbocycles. The van der Waals surface area contributed by atoms with Gasteiger partial charge in [-0.1, -0.05) is 50.1 Å². The minimum atomic E-state index is -0.409. The fourth-order valence-corrected chi connectivity index (χ4v) is 2.77. The Kier molecular flexibility index (Phi) is 3.65. The van der Waals surface area contributed by atoms with Crippen LogP contribution in [0.3, 0.4) is 0 Å². The van der Waals surface area contributed by atoms with Gasteiger partial charge in [0.1, 0.15) is 0 Å². The lowest BCUT2D eigenvalue weighted by Gasteiger charge is -2.38. The highest BCUT2D eigenvalue weighted by Crippen LogP contribution is 2.36. The second kappa shape index (κ2) is 5.01. The van der Waals surface area contributed by atoms with Crippen molar-refractivity contribution in [2.24, 2.45) is 5.92 Å². The van der Waals surface area contributed by atoms with Crippen LogP contribution in [0, 0.1) is 5.92 Å². The standard InChI is InChI=1S/C15H22O/c1-13-7-5-6-11-15(13,16)12-10-14-8-3-2-4-9-14/h2-4,8-9,13,16H,5-7,10-12H2,1H3. The molecule has 0 bridgehead atoms. The van der Waals surface area contributed by atoms with Gasteiger partial charge in [0, 0.05) is 0 Å². The Labute approximate surface area is 98.5 Å². The second-order valence-electron chi connectivity index (χ2n) is 5.24. The lowest BCUT2D eigenvalue weighted by atomic mass is 9.73. The van der Waals surface area contributed by atoms with Crippen molar-refractivity contribution < 1.29 is 5.11 Å². The van der Waals surface area contributed by atoms with Crippen LogP contribution in [-0.4, -0.2) is 10.7 Å². The van der Waals surface area contributed by atoms with Crippen molar-refractivity contribution in [3.8, 4) is 0 Å². The smallest absolute Gasteiger partial charge is 0.0676 e. The molecule has 2 unspecified atom stereocenters. The fourth-order valence-electron chi connectivity index (χ4n) is 2.77. The van der Waals surface area contributed by atoms with Crippen LogP contribution < -0.4 is 0 Å². The number of hydrogen-bond donors (Lipinski definition) is 1. The predicted octanol–water partition coefficient (Wildman–Crippen LogP) is 3.56. The Bertz CT molecular complexity index is 319. The van der Waals surface area contributed by atoms with E-state index in [1.165, 1.54) is 24.8 Å². The largest absolute Gasteiger partial charge is 0.390 e. The van der Waals surface area contributed by atoms with Gasteiger partial charge >= 0.3 is 0 Å². The first-order valence-electron chi connectivity index (χ1n) is 6.47. The third-order valence-corrected chi connectivity index (χ3v) is 4.10. The Hall–Kier alpha value is -0.820. The van der Waals surface area contributed by atoms with Gasteiger partial charge in [-0.25, -0.2) is 0 Å². The SMILES string of the molecule is CC1CCCCC1(O)CCc1ccccc1. The van der Waals surface area contributed by atoms with Gasteiger partial charge in [-0.15, -0.1) is 0 Å². The lowest BCUT2D eigenvalue weighted by molar-refractivity contribution is -0.0475. The first kappa shape index (κ1) is 11.7. The minimum absolute atomic E-state index is 0.409. The average molecular weight is 218 g/mol. The Morgan fingerprint density at radius 2 is 2.00 bits per heavy atom. The normalized spacial score (nSPS) is 30.2. The molecule has 1 aromatic rings. The minimum Gasteiger partial charge on any atom is -0.390 e. The van der Waals surface area contributed by atoms with Crippen molar-refractivity contribution >= 4 is 0 Å². The van der Waals surface area contributed by atoms with Crippen LogP contribution in [0.5, 0.6) is 0 Å². The zero-order valence-corrected chi connectivity index (χ0v) is 10.2. The van der Waals surface area contributed by atoms with Gasteiger partial charge in [0.15, 0.2) is 0 Å². The maximum atomic E-state index is 10.6. The van der Waals surface area contributed by atoms with Crippen LogP contribution in [0.4, 0.5) is 0 Å². The zero-order chi connectivity index (χ0) is 11.4. The molecule has 1 aliphatic carbocycles. The van der Waals surface area contributed by atoms with Gasteiger partial charge < -0.3 is 5.11 Å². The summed E-state index contributed by atoms with van der Waals surface area (Å²) in [5.74, 6) is 0.463. The molecule has 0 aliphatic heterocycles. The summed E-state index contributed by atoms with van der Waals surface area (Å²) in [5.41, 5.74) is 0.933. The number of benzene rings is 1. The van der Waals surface area contributed by atoms with Crippen LogP contribution in [0.15, 0.2) is 30.3 Å². The molecule has 1 aliphatic rings. The molecule has 88 valence electrons. The average Bonchev–Trinajstić information content (AvgIpc) is 2.32. The molecule has 0 saturated heterocycles. The van der Waals surface area contributed by atoms with Gasteiger partial charge in [0.2, 0.25) is 0 Å². The van der Waals surface area contributed by atoms with Gasteiger partial charge in [-0.05, 0) is 37.2 Å². The van der Waals surface area contributed by atoms with Crippen molar-refractivity contribution in [1.82, 2.24) is 0 Å². The highest BCUT2D eigenvalue weighted by molar-refractivity contribution is 5.15.